The van der Waals surface area contributed by atoms with E-state index in [1.54, 1.807) is 35.2 Å². The van der Waals surface area contributed by atoms with E-state index in [0.717, 1.165) is 18.4 Å². The van der Waals surface area contributed by atoms with Gasteiger partial charge in [-0.1, -0.05) is 30.3 Å². The van der Waals surface area contributed by atoms with E-state index in [2.05, 4.69) is 10.6 Å². The zero-order valence-electron chi connectivity index (χ0n) is 16.2. The number of urea groups is 1. The molecule has 5 nitrogen and oxygen atoms in total. The lowest BCUT2D eigenvalue weighted by molar-refractivity contribution is 0.0728. The molecule has 1 aliphatic rings. The standard InChI is InChI=1S/C22H26FN3O2/c1-15(2)25-22(28)24-13-16-7-9-17(10-8-16)21(27)26(19-11-12-19)14-18-5-3-4-6-20(18)23/h3-10,15,19H,11-14H2,1-2H3,(H2,24,25,28). The van der Waals surface area contributed by atoms with E-state index in [1.807, 2.05) is 26.0 Å². The van der Waals surface area contributed by atoms with Crippen LogP contribution in [0.2, 0.25) is 0 Å². The largest absolute Gasteiger partial charge is 0.336 e. The van der Waals surface area contributed by atoms with Gasteiger partial charge in [0.2, 0.25) is 0 Å². The molecule has 0 aromatic heterocycles. The summed E-state index contributed by atoms with van der Waals surface area (Å²) in [6, 6.07) is 13.8. The Labute approximate surface area is 164 Å². The summed E-state index contributed by atoms with van der Waals surface area (Å²) in [6.07, 6.45) is 1.90. The second-order valence-corrected chi connectivity index (χ2v) is 7.43. The Balaban J connectivity index is 1.64. The fourth-order valence-electron chi connectivity index (χ4n) is 2.99. The molecule has 0 spiro atoms. The molecule has 0 unspecified atom stereocenters. The van der Waals surface area contributed by atoms with Gasteiger partial charge in [-0.15, -0.1) is 0 Å². The highest BCUT2D eigenvalue weighted by molar-refractivity contribution is 5.94. The fourth-order valence-corrected chi connectivity index (χ4v) is 2.99. The Morgan fingerprint density at radius 1 is 1.11 bits per heavy atom. The molecule has 1 fully saturated rings. The number of amides is 3. The number of carbonyl (C=O) groups excluding carboxylic acids is 2. The lowest BCUT2D eigenvalue weighted by atomic mass is 10.1. The number of rotatable bonds is 7. The highest BCUT2D eigenvalue weighted by Crippen LogP contribution is 2.30. The summed E-state index contributed by atoms with van der Waals surface area (Å²) in [4.78, 5) is 26.4. The molecular weight excluding hydrogens is 357 g/mol. The summed E-state index contributed by atoms with van der Waals surface area (Å²) >= 11 is 0. The average Bonchev–Trinajstić information content (AvgIpc) is 3.50. The van der Waals surface area contributed by atoms with E-state index in [1.165, 1.54) is 6.07 Å². The van der Waals surface area contributed by atoms with Gasteiger partial charge in [0.05, 0.1) is 0 Å². The van der Waals surface area contributed by atoms with Gasteiger partial charge in [-0.2, -0.15) is 0 Å². The number of hydrogen-bond donors (Lipinski definition) is 2. The minimum atomic E-state index is -0.290. The normalized spacial score (nSPS) is 13.3. The molecule has 3 amide bonds. The lowest BCUT2D eigenvalue weighted by Crippen LogP contribution is -2.39. The van der Waals surface area contributed by atoms with Gasteiger partial charge in [-0.25, -0.2) is 9.18 Å². The SMILES string of the molecule is CC(C)NC(=O)NCc1ccc(C(=O)N(Cc2ccccc2F)C2CC2)cc1. The summed E-state index contributed by atoms with van der Waals surface area (Å²) in [7, 11) is 0. The van der Waals surface area contributed by atoms with Gasteiger partial charge in [0, 0.05) is 36.3 Å². The molecule has 0 radical (unpaired) electrons. The minimum absolute atomic E-state index is 0.0721. The van der Waals surface area contributed by atoms with Crippen molar-refractivity contribution in [2.45, 2.75) is 51.9 Å². The summed E-state index contributed by atoms with van der Waals surface area (Å²) in [5.41, 5.74) is 2.00. The first-order valence-corrected chi connectivity index (χ1v) is 9.61. The second-order valence-electron chi connectivity index (χ2n) is 7.43. The zero-order chi connectivity index (χ0) is 20.1. The predicted octanol–water partition coefficient (Wildman–Crippen LogP) is 3.84. The smallest absolute Gasteiger partial charge is 0.315 e. The third-order valence-electron chi connectivity index (χ3n) is 4.62. The fraction of sp³-hybridized carbons (Fsp3) is 0.364. The van der Waals surface area contributed by atoms with Crippen molar-refractivity contribution in [1.82, 2.24) is 15.5 Å². The highest BCUT2D eigenvalue weighted by Gasteiger charge is 2.33. The Bertz CT molecular complexity index is 832. The van der Waals surface area contributed by atoms with Crippen LogP contribution in [0.1, 0.15) is 48.2 Å². The first kappa shape index (κ1) is 19.9. The van der Waals surface area contributed by atoms with Crippen molar-refractivity contribution in [3.8, 4) is 0 Å². The second kappa shape index (κ2) is 8.87. The van der Waals surface area contributed by atoms with Crippen molar-refractivity contribution < 1.29 is 14.0 Å². The maximum absolute atomic E-state index is 14.0. The van der Waals surface area contributed by atoms with Crippen LogP contribution in [0.4, 0.5) is 9.18 Å². The first-order chi connectivity index (χ1) is 13.4. The molecule has 0 atom stereocenters. The molecule has 1 aliphatic carbocycles. The molecular formula is C22H26FN3O2. The van der Waals surface area contributed by atoms with E-state index in [0.29, 0.717) is 17.7 Å². The molecule has 148 valence electrons. The summed E-state index contributed by atoms with van der Waals surface area (Å²) in [5, 5.41) is 5.54. The Hall–Kier alpha value is -2.89. The minimum Gasteiger partial charge on any atom is -0.336 e. The van der Waals surface area contributed by atoms with Crippen LogP contribution in [0.3, 0.4) is 0 Å². The van der Waals surface area contributed by atoms with Crippen LogP contribution in [0.5, 0.6) is 0 Å². The number of halogens is 1. The first-order valence-electron chi connectivity index (χ1n) is 9.61. The van der Waals surface area contributed by atoms with E-state index in [9.17, 15) is 14.0 Å². The zero-order valence-corrected chi connectivity index (χ0v) is 16.2. The van der Waals surface area contributed by atoms with Crippen LogP contribution in [0, 0.1) is 5.82 Å². The molecule has 0 saturated heterocycles. The number of benzene rings is 2. The van der Waals surface area contributed by atoms with E-state index >= 15 is 0 Å². The van der Waals surface area contributed by atoms with Crippen molar-refractivity contribution in [2.24, 2.45) is 0 Å². The molecule has 6 heteroatoms. The van der Waals surface area contributed by atoms with Gasteiger partial charge in [0.25, 0.3) is 5.91 Å². The Kier molecular flexibility index (Phi) is 6.29. The molecule has 28 heavy (non-hydrogen) atoms. The number of nitrogens with one attached hydrogen (secondary N) is 2. The van der Waals surface area contributed by atoms with Crippen LogP contribution >= 0.6 is 0 Å². The number of nitrogens with zero attached hydrogens (tertiary/aromatic N) is 1. The topological polar surface area (TPSA) is 61.4 Å². The summed E-state index contributed by atoms with van der Waals surface area (Å²) < 4.78 is 14.0. The molecule has 0 heterocycles. The van der Waals surface area contributed by atoms with Crippen molar-refractivity contribution >= 4 is 11.9 Å². The monoisotopic (exact) mass is 383 g/mol. The van der Waals surface area contributed by atoms with Crippen molar-refractivity contribution in [3.05, 3.63) is 71.0 Å². The van der Waals surface area contributed by atoms with Gasteiger partial charge in [-0.3, -0.25) is 4.79 Å². The van der Waals surface area contributed by atoms with Gasteiger partial charge in [0.1, 0.15) is 5.82 Å². The van der Waals surface area contributed by atoms with Crippen molar-refractivity contribution in [3.63, 3.8) is 0 Å². The number of carbonyl (C=O) groups is 2. The van der Waals surface area contributed by atoms with Crippen LogP contribution < -0.4 is 10.6 Å². The van der Waals surface area contributed by atoms with E-state index in [-0.39, 0.29) is 36.4 Å². The van der Waals surface area contributed by atoms with Gasteiger partial charge in [-0.05, 0) is 50.5 Å². The Morgan fingerprint density at radius 2 is 1.79 bits per heavy atom. The molecule has 0 bridgehead atoms. The highest BCUT2D eigenvalue weighted by atomic mass is 19.1. The Morgan fingerprint density at radius 3 is 2.39 bits per heavy atom. The summed E-state index contributed by atoms with van der Waals surface area (Å²) in [5.74, 6) is -0.384. The van der Waals surface area contributed by atoms with Gasteiger partial charge < -0.3 is 15.5 Å². The molecule has 2 aromatic rings. The molecule has 0 aliphatic heterocycles. The van der Waals surface area contributed by atoms with Gasteiger partial charge >= 0.3 is 6.03 Å². The molecule has 1 saturated carbocycles. The molecule has 3 rings (SSSR count). The maximum atomic E-state index is 14.0. The third kappa shape index (κ3) is 5.31. The predicted molar refractivity (Wildman–Crippen MR) is 106 cm³/mol. The van der Waals surface area contributed by atoms with Crippen LogP contribution in [0.25, 0.3) is 0 Å². The lowest BCUT2D eigenvalue weighted by Gasteiger charge is -2.23. The summed E-state index contributed by atoms with van der Waals surface area (Å²) in [6.45, 7) is 4.45. The van der Waals surface area contributed by atoms with E-state index < -0.39 is 0 Å². The maximum Gasteiger partial charge on any atom is 0.315 e. The van der Waals surface area contributed by atoms with Crippen LogP contribution in [0.15, 0.2) is 48.5 Å². The van der Waals surface area contributed by atoms with Crippen LogP contribution in [-0.4, -0.2) is 28.9 Å². The van der Waals surface area contributed by atoms with Gasteiger partial charge in [0.15, 0.2) is 0 Å². The molecule has 2 aromatic carbocycles. The van der Waals surface area contributed by atoms with E-state index in [4.69, 9.17) is 0 Å². The number of hydrogen-bond acceptors (Lipinski definition) is 2. The van der Waals surface area contributed by atoms with Crippen molar-refractivity contribution in [2.75, 3.05) is 0 Å². The van der Waals surface area contributed by atoms with Crippen LogP contribution in [-0.2, 0) is 13.1 Å². The average molecular weight is 383 g/mol. The molecule has 2 N–H and O–H groups in total. The third-order valence-corrected chi connectivity index (χ3v) is 4.62. The van der Waals surface area contributed by atoms with Crippen molar-refractivity contribution in [1.29, 1.82) is 0 Å². The quantitative estimate of drug-likeness (QED) is 0.763.